The molecular formula is C20H24N2O3. The Kier molecular flexibility index (Phi) is 3.36. The maximum atomic E-state index is 13.5. The van der Waals surface area contributed by atoms with E-state index >= 15 is 0 Å². The van der Waals surface area contributed by atoms with Crippen molar-refractivity contribution in [2.75, 3.05) is 25.3 Å². The van der Waals surface area contributed by atoms with Gasteiger partial charge in [-0.15, -0.1) is 0 Å². The van der Waals surface area contributed by atoms with Gasteiger partial charge < -0.3 is 10.1 Å². The quantitative estimate of drug-likeness (QED) is 0.796. The third-order valence-corrected chi connectivity index (χ3v) is 6.85. The van der Waals surface area contributed by atoms with Gasteiger partial charge in [-0.1, -0.05) is 29.8 Å². The lowest BCUT2D eigenvalue weighted by Gasteiger charge is -2.42. The highest BCUT2D eigenvalue weighted by Crippen LogP contribution is 2.55. The first-order valence-corrected chi connectivity index (χ1v) is 9.19. The summed E-state index contributed by atoms with van der Waals surface area (Å²) in [5, 5.41) is 5.16. The summed E-state index contributed by atoms with van der Waals surface area (Å²) in [5.41, 5.74) is 2.75. The van der Waals surface area contributed by atoms with Crippen LogP contribution in [0.2, 0.25) is 0 Å². The number of carbonyl (C=O) groups is 1. The summed E-state index contributed by atoms with van der Waals surface area (Å²) in [6.45, 7) is 3.78. The van der Waals surface area contributed by atoms with Gasteiger partial charge in [0, 0.05) is 18.5 Å². The Hall–Kier alpha value is -1.69. The maximum Gasteiger partial charge on any atom is 0.264 e. The number of piperidine rings is 1. The van der Waals surface area contributed by atoms with Crippen molar-refractivity contribution < 1.29 is 14.4 Å². The van der Waals surface area contributed by atoms with Gasteiger partial charge in [0.1, 0.15) is 5.41 Å². The van der Waals surface area contributed by atoms with Crippen LogP contribution in [0.4, 0.5) is 5.69 Å². The number of hydroxylamine groups is 1. The Morgan fingerprint density at radius 3 is 3.04 bits per heavy atom. The molecule has 4 aliphatic heterocycles. The van der Waals surface area contributed by atoms with Crippen LogP contribution in [0.15, 0.2) is 35.9 Å². The number of amides is 1. The van der Waals surface area contributed by atoms with Crippen molar-refractivity contribution in [1.29, 1.82) is 0 Å². The normalized spacial score (nSPS) is 40.6. The van der Waals surface area contributed by atoms with Crippen molar-refractivity contribution in [3.8, 4) is 0 Å². The van der Waals surface area contributed by atoms with E-state index < -0.39 is 5.41 Å². The average Bonchev–Trinajstić information content (AvgIpc) is 2.74. The molecule has 5 atom stereocenters. The van der Waals surface area contributed by atoms with Crippen LogP contribution in [0, 0.1) is 11.8 Å². The molecule has 4 fully saturated rings. The molecule has 0 unspecified atom stereocenters. The van der Waals surface area contributed by atoms with E-state index in [0.717, 1.165) is 37.2 Å². The predicted molar refractivity (Wildman–Crippen MR) is 94.1 cm³/mol. The van der Waals surface area contributed by atoms with Crippen molar-refractivity contribution in [2.45, 2.75) is 37.3 Å². The largest absolute Gasteiger partial charge is 0.376 e. The number of fused-ring (bicyclic) bond motifs is 2. The summed E-state index contributed by atoms with van der Waals surface area (Å²) in [6, 6.07) is 8.33. The van der Waals surface area contributed by atoms with Crippen LogP contribution in [0.5, 0.6) is 0 Å². The van der Waals surface area contributed by atoms with Gasteiger partial charge in [0.05, 0.1) is 25.5 Å². The fourth-order valence-electron chi connectivity index (χ4n) is 5.66. The van der Waals surface area contributed by atoms with E-state index in [-0.39, 0.29) is 12.0 Å². The van der Waals surface area contributed by atoms with Crippen LogP contribution >= 0.6 is 0 Å². The molecule has 5 nitrogen and oxygen atoms in total. The number of rotatable bonds is 1. The van der Waals surface area contributed by atoms with E-state index in [1.165, 1.54) is 10.6 Å². The van der Waals surface area contributed by atoms with Gasteiger partial charge in [-0.25, -0.2) is 0 Å². The molecule has 1 spiro atoms. The molecule has 132 valence electrons. The number of anilines is 1. The fraction of sp³-hybridized carbons (Fsp3) is 0.550. The predicted octanol–water partition coefficient (Wildman–Crippen LogP) is 2.18. The zero-order valence-electron chi connectivity index (χ0n) is 14.7. The Bertz CT molecular complexity index is 761. The van der Waals surface area contributed by atoms with E-state index in [1.54, 1.807) is 7.11 Å². The van der Waals surface area contributed by atoms with Gasteiger partial charge in [-0.3, -0.25) is 9.63 Å². The van der Waals surface area contributed by atoms with E-state index in [2.05, 4.69) is 24.4 Å². The number of hydrogen-bond donors (Lipinski definition) is 1. The summed E-state index contributed by atoms with van der Waals surface area (Å²) >= 11 is 0. The monoisotopic (exact) mass is 340 g/mol. The smallest absolute Gasteiger partial charge is 0.264 e. The van der Waals surface area contributed by atoms with E-state index in [1.807, 2.05) is 18.2 Å². The molecule has 4 bridgehead atoms. The minimum absolute atomic E-state index is 0.0261. The second kappa shape index (κ2) is 5.40. The van der Waals surface area contributed by atoms with E-state index in [9.17, 15) is 4.79 Å². The van der Waals surface area contributed by atoms with Crippen LogP contribution in [0.3, 0.4) is 0 Å². The van der Waals surface area contributed by atoms with Crippen molar-refractivity contribution in [2.24, 2.45) is 11.8 Å². The number of carbonyl (C=O) groups excluding carboxylic acids is 1. The number of nitrogens with one attached hydrogen (secondary N) is 1. The topological polar surface area (TPSA) is 50.8 Å². The standard InChI is InChI=1S/C20H24N2O3/c1-3-12-10-21-16-9-20(18-8-13(12)14(16)11-25-18)15-6-4-5-7-17(15)22(24-2)19(20)23/h3-7,13-14,16,18,21H,8-11H2,1-2H3/b12-3+/t13-,14-,16-,18+,20+/m1/s1. The number of ether oxygens (including phenoxy) is 1. The van der Waals surface area contributed by atoms with Crippen LogP contribution in [0.1, 0.15) is 25.3 Å². The third kappa shape index (κ3) is 1.86. The highest BCUT2D eigenvalue weighted by Gasteiger charge is 2.63. The number of nitrogens with zero attached hydrogens (tertiary/aromatic N) is 1. The molecular weight excluding hydrogens is 316 g/mol. The van der Waals surface area contributed by atoms with Gasteiger partial charge in [0.2, 0.25) is 0 Å². The Morgan fingerprint density at radius 2 is 2.24 bits per heavy atom. The summed E-state index contributed by atoms with van der Waals surface area (Å²) in [5.74, 6) is 0.997. The zero-order chi connectivity index (χ0) is 17.2. The molecule has 0 radical (unpaired) electrons. The second-order valence-corrected chi connectivity index (χ2v) is 7.65. The number of allylic oxidation sites excluding steroid dienone is 1. The lowest BCUT2D eigenvalue weighted by atomic mass is 9.72. The molecule has 1 amide bonds. The molecule has 5 aliphatic rings. The number of para-hydroxylation sites is 1. The molecule has 4 heterocycles. The number of benzene rings is 1. The maximum absolute atomic E-state index is 13.5. The lowest BCUT2D eigenvalue weighted by Crippen LogP contribution is -2.50. The molecule has 5 heteroatoms. The minimum atomic E-state index is -0.642. The molecule has 25 heavy (non-hydrogen) atoms. The summed E-state index contributed by atoms with van der Waals surface area (Å²) in [6.07, 6.45) is 3.85. The van der Waals surface area contributed by atoms with Crippen molar-refractivity contribution in [3.63, 3.8) is 0 Å². The molecule has 1 aliphatic carbocycles. The fourth-order valence-corrected chi connectivity index (χ4v) is 5.66. The minimum Gasteiger partial charge on any atom is -0.376 e. The van der Waals surface area contributed by atoms with Gasteiger partial charge in [0.15, 0.2) is 0 Å². The first kappa shape index (κ1) is 15.6. The lowest BCUT2D eigenvalue weighted by molar-refractivity contribution is -0.137. The number of hydrogen-bond acceptors (Lipinski definition) is 4. The Morgan fingerprint density at radius 1 is 1.40 bits per heavy atom. The summed E-state index contributed by atoms with van der Waals surface area (Å²) in [4.78, 5) is 19.0. The average molecular weight is 340 g/mol. The Labute approximate surface area is 147 Å². The molecule has 1 saturated carbocycles. The van der Waals surface area contributed by atoms with Gasteiger partial charge >= 0.3 is 0 Å². The highest BCUT2D eigenvalue weighted by atomic mass is 16.7. The summed E-state index contributed by atoms with van der Waals surface area (Å²) in [7, 11) is 1.57. The van der Waals surface area contributed by atoms with Gasteiger partial charge in [-0.2, -0.15) is 5.06 Å². The SMILES string of the molecule is C/C=C1\CN[C@@H]2C[C@@]3(C(=O)N(OC)c4ccccc43)[C@@H]3C[C@H]1[C@H]2CO3. The molecule has 1 aromatic carbocycles. The van der Waals surface area contributed by atoms with Crippen LogP contribution < -0.4 is 10.4 Å². The first-order valence-electron chi connectivity index (χ1n) is 9.19. The summed E-state index contributed by atoms with van der Waals surface area (Å²) < 4.78 is 6.32. The van der Waals surface area contributed by atoms with E-state index in [0.29, 0.717) is 17.9 Å². The molecule has 1 aromatic rings. The van der Waals surface area contributed by atoms with Crippen molar-refractivity contribution in [1.82, 2.24) is 5.32 Å². The van der Waals surface area contributed by atoms with E-state index in [4.69, 9.17) is 9.57 Å². The van der Waals surface area contributed by atoms with Crippen LogP contribution in [-0.2, 0) is 19.8 Å². The van der Waals surface area contributed by atoms with Gasteiger partial charge in [-0.05, 0) is 37.3 Å². The molecule has 3 saturated heterocycles. The van der Waals surface area contributed by atoms with Crippen molar-refractivity contribution >= 4 is 11.6 Å². The molecule has 0 aromatic heterocycles. The Balaban J connectivity index is 1.68. The third-order valence-electron chi connectivity index (χ3n) is 6.85. The second-order valence-electron chi connectivity index (χ2n) is 7.65. The van der Waals surface area contributed by atoms with Crippen LogP contribution in [0.25, 0.3) is 0 Å². The van der Waals surface area contributed by atoms with Crippen LogP contribution in [-0.4, -0.2) is 38.3 Å². The molecule has 6 rings (SSSR count). The zero-order valence-corrected chi connectivity index (χ0v) is 14.7. The highest BCUT2D eigenvalue weighted by molar-refractivity contribution is 6.07. The molecule has 1 N–H and O–H groups in total. The first-order chi connectivity index (χ1) is 12.2. The van der Waals surface area contributed by atoms with Gasteiger partial charge in [0.25, 0.3) is 5.91 Å². The van der Waals surface area contributed by atoms with Crippen molar-refractivity contribution in [3.05, 3.63) is 41.5 Å².